The van der Waals surface area contributed by atoms with Crippen LogP contribution in [0.3, 0.4) is 0 Å². The monoisotopic (exact) mass is 340 g/mol. The summed E-state index contributed by atoms with van der Waals surface area (Å²) in [5, 5.41) is 9.66. The summed E-state index contributed by atoms with van der Waals surface area (Å²) in [5.74, 6) is 0.578. The molecule has 0 saturated carbocycles. The Bertz CT molecular complexity index is 751. The highest BCUT2D eigenvalue weighted by Crippen LogP contribution is 2.43. The summed E-state index contributed by atoms with van der Waals surface area (Å²) in [6.07, 6.45) is 7.42. The number of carbonyl (C=O) groups is 1. The molecule has 0 bridgehead atoms. The largest absolute Gasteiger partial charge is 0.346 e. The summed E-state index contributed by atoms with van der Waals surface area (Å²) in [4.78, 5) is 26.9. The summed E-state index contributed by atoms with van der Waals surface area (Å²) in [6.45, 7) is 5.13. The van der Waals surface area contributed by atoms with Gasteiger partial charge < -0.3 is 14.8 Å². The summed E-state index contributed by atoms with van der Waals surface area (Å²) in [5.41, 5.74) is 0.922. The fraction of sp³-hybridized carbons (Fsp3) is 0.556. The molecule has 4 rings (SSSR count). The van der Waals surface area contributed by atoms with Crippen molar-refractivity contribution >= 4 is 16.9 Å². The van der Waals surface area contributed by atoms with E-state index in [0.29, 0.717) is 5.92 Å². The Morgan fingerprint density at radius 1 is 1.56 bits per heavy atom. The quantitative estimate of drug-likeness (QED) is 0.855. The van der Waals surface area contributed by atoms with Gasteiger partial charge in [0.25, 0.3) is 0 Å². The van der Waals surface area contributed by atoms with Crippen LogP contribution < -0.4 is 0 Å². The van der Waals surface area contributed by atoms with Crippen molar-refractivity contribution in [2.75, 3.05) is 26.7 Å². The predicted molar refractivity (Wildman–Crippen MR) is 94.5 cm³/mol. The van der Waals surface area contributed by atoms with Crippen molar-refractivity contribution in [2.45, 2.75) is 31.7 Å². The molecule has 2 aliphatic rings. The van der Waals surface area contributed by atoms with Gasteiger partial charge in [0, 0.05) is 30.9 Å². The molecule has 1 N–H and O–H groups in total. The number of piperidine rings is 1. The Hall–Kier alpha value is -2.46. The minimum Gasteiger partial charge on any atom is -0.346 e. The van der Waals surface area contributed by atoms with Crippen LogP contribution in [0.25, 0.3) is 11.0 Å². The summed E-state index contributed by atoms with van der Waals surface area (Å²) in [6, 6.07) is 3.90. The molecule has 2 aliphatic heterocycles. The van der Waals surface area contributed by atoms with Crippen molar-refractivity contribution in [3.8, 4) is 6.07 Å². The summed E-state index contributed by atoms with van der Waals surface area (Å²) < 4.78 is 0. The number of aromatic nitrogens is 3. The molecule has 2 saturated heterocycles. The third-order valence-electron chi connectivity index (χ3n) is 5.36. The average molecular weight is 340 g/mol. The lowest BCUT2D eigenvalue weighted by Crippen LogP contribution is -2.73. The minimum absolute atomic E-state index is 0.0101. The SMILES string of the molecule is CC1CN(C(=O)CC#N)C12CCCN(C)C2.c1ncc2cc[nH]c2n1. The maximum Gasteiger partial charge on any atom is 0.237 e. The van der Waals surface area contributed by atoms with Crippen molar-refractivity contribution in [1.82, 2.24) is 24.8 Å². The van der Waals surface area contributed by atoms with Crippen LogP contribution in [0.5, 0.6) is 0 Å². The zero-order valence-corrected chi connectivity index (χ0v) is 14.8. The number of nitrogens with zero attached hydrogens (tertiary/aromatic N) is 5. The molecule has 25 heavy (non-hydrogen) atoms. The Morgan fingerprint density at radius 3 is 3.08 bits per heavy atom. The normalized spacial score (nSPS) is 25.8. The van der Waals surface area contributed by atoms with Crippen LogP contribution in [-0.2, 0) is 4.79 Å². The van der Waals surface area contributed by atoms with Gasteiger partial charge in [-0.1, -0.05) is 6.92 Å². The number of hydrogen-bond acceptors (Lipinski definition) is 5. The zero-order chi connectivity index (χ0) is 17.9. The molecular weight excluding hydrogens is 316 g/mol. The molecule has 0 aromatic carbocycles. The third-order valence-corrected chi connectivity index (χ3v) is 5.36. The summed E-state index contributed by atoms with van der Waals surface area (Å²) in [7, 11) is 2.11. The fourth-order valence-electron chi connectivity index (χ4n) is 3.99. The first-order valence-electron chi connectivity index (χ1n) is 8.66. The molecule has 1 amide bonds. The number of nitriles is 1. The topological polar surface area (TPSA) is 88.9 Å². The van der Waals surface area contributed by atoms with Gasteiger partial charge in [0.05, 0.1) is 11.6 Å². The van der Waals surface area contributed by atoms with Gasteiger partial charge in [-0.15, -0.1) is 0 Å². The average Bonchev–Trinajstić information content (AvgIpc) is 3.09. The number of carbonyl (C=O) groups excluding carboxylic acids is 1. The molecule has 2 unspecified atom stereocenters. The molecule has 7 heteroatoms. The number of likely N-dealkylation sites (N-methyl/N-ethyl adjacent to an activating group) is 1. The van der Waals surface area contributed by atoms with E-state index in [1.165, 1.54) is 6.33 Å². The Morgan fingerprint density at radius 2 is 2.40 bits per heavy atom. The number of rotatable bonds is 1. The molecule has 2 atom stereocenters. The number of H-pyrrole nitrogens is 1. The second kappa shape index (κ2) is 7.19. The van der Waals surface area contributed by atoms with E-state index in [1.54, 1.807) is 6.20 Å². The highest BCUT2D eigenvalue weighted by atomic mass is 16.2. The maximum atomic E-state index is 11.8. The highest BCUT2D eigenvalue weighted by Gasteiger charge is 2.53. The van der Waals surface area contributed by atoms with Crippen molar-refractivity contribution in [3.05, 3.63) is 24.8 Å². The van der Waals surface area contributed by atoms with Crippen LogP contribution in [0, 0.1) is 17.2 Å². The van der Waals surface area contributed by atoms with Gasteiger partial charge in [-0.2, -0.15) is 5.26 Å². The standard InChI is InChI=1S/C12H19N3O.C6H5N3/c1-10-8-15(11(16)4-6-13)12(10)5-3-7-14(2)9-12;1-2-8-6-5(1)3-7-4-9-6/h10H,3-5,7-9H2,1-2H3;1-4H,(H,7,8,9). The van der Waals surface area contributed by atoms with E-state index in [2.05, 4.69) is 33.8 Å². The fourth-order valence-corrected chi connectivity index (χ4v) is 3.99. The molecular formula is C18H24N6O. The van der Waals surface area contributed by atoms with E-state index < -0.39 is 0 Å². The summed E-state index contributed by atoms with van der Waals surface area (Å²) >= 11 is 0. The van der Waals surface area contributed by atoms with Gasteiger partial charge in [-0.05, 0) is 38.4 Å². The van der Waals surface area contributed by atoms with Gasteiger partial charge in [0.1, 0.15) is 18.4 Å². The second-order valence-corrected chi connectivity index (χ2v) is 6.99. The van der Waals surface area contributed by atoms with E-state index in [0.717, 1.165) is 43.5 Å². The van der Waals surface area contributed by atoms with Gasteiger partial charge >= 0.3 is 0 Å². The van der Waals surface area contributed by atoms with Crippen LogP contribution in [0.1, 0.15) is 26.2 Å². The molecule has 2 aromatic heterocycles. The third kappa shape index (κ3) is 3.35. The number of fused-ring (bicyclic) bond motifs is 1. The molecule has 0 aliphatic carbocycles. The van der Waals surface area contributed by atoms with Crippen molar-refractivity contribution < 1.29 is 4.79 Å². The molecule has 7 nitrogen and oxygen atoms in total. The van der Waals surface area contributed by atoms with Gasteiger partial charge in [0.15, 0.2) is 0 Å². The Labute approximate surface area is 147 Å². The Kier molecular flexibility index (Phi) is 5.00. The van der Waals surface area contributed by atoms with Crippen LogP contribution in [0.4, 0.5) is 0 Å². The van der Waals surface area contributed by atoms with Crippen LogP contribution in [0.15, 0.2) is 24.8 Å². The van der Waals surface area contributed by atoms with Gasteiger partial charge in [-0.3, -0.25) is 4.79 Å². The number of nitrogens with one attached hydrogen (secondary N) is 1. The van der Waals surface area contributed by atoms with E-state index in [4.69, 9.17) is 5.26 Å². The predicted octanol–water partition coefficient (Wildman–Crippen LogP) is 1.80. The lowest BCUT2D eigenvalue weighted by molar-refractivity contribution is -0.162. The molecule has 0 radical (unpaired) electrons. The Balaban J connectivity index is 0.000000170. The molecule has 2 fully saturated rings. The second-order valence-electron chi connectivity index (χ2n) is 6.99. The number of aromatic amines is 1. The lowest BCUT2D eigenvalue weighted by Gasteiger charge is -2.61. The van der Waals surface area contributed by atoms with E-state index >= 15 is 0 Å². The first-order valence-corrected chi connectivity index (χ1v) is 8.66. The van der Waals surface area contributed by atoms with E-state index in [1.807, 2.05) is 23.2 Å². The highest BCUT2D eigenvalue weighted by molar-refractivity contribution is 5.80. The smallest absolute Gasteiger partial charge is 0.237 e. The van der Waals surface area contributed by atoms with Crippen LogP contribution in [0.2, 0.25) is 0 Å². The first-order chi connectivity index (χ1) is 12.1. The number of hydrogen-bond donors (Lipinski definition) is 1. The van der Waals surface area contributed by atoms with Crippen molar-refractivity contribution in [3.63, 3.8) is 0 Å². The molecule has 4 heterocycles. The van der Waals surface area contributed by atoms with Crippen LogP contribution >= 0.6 is 0 Å². The van der Waals surface area contributed by atoms with Gasteiger partial charge in [-0.25, -0.2) is 9.97 Å². The lowest BCUT2D eigenvalue weighted by atomic mass is 9.69. The zero-order valence-electron chi connectivity index (χ0n) is 14.8. The number of amides is 1. The minimum atomic E-state index is 0.0101. The van der Waals surface area contributed by atoms with Crippen molar-refractivity contribution in [2.24, 2.45) is 5.92 Å². The first kappa shape index (κ1) is 17.4. The van der Waals surface area contributed by atoms with Crippen molar-refractivity contribution in [1.29, 1.82) is 5.26 Å². The molecule has 1 spiro atoms. The van der Waals surface area contributed by atoms with E-state index in [-0.39, 0.29) is 17.9 Å². The maximum absolute atomic E-state index is 11.8. The molecule has 2 aromatic rings. The molecule has 132 valence electrons. The van der Waals surface area contributed by atoms with Crippen LogP contribution in [-0.4, -0.2) is 62.9 Å². The number of likely N-dealkylation sites (tertiary alicyclic amines) is 2. The van der Waals surface area contributed by atoms with Gasteiger partial charge in [0.2, 0.25) is 5.91 Å². The van der Waals surface area contributed by atoms with E-state index in [9.17, 15) is 4.79 Å².